The molecule has 2 aromatic heterocycles. The summed E-state index contributed by atoms with van der Waals surface area (Å²) >= 11 is 1.60. The number of benzene rings is 2. The lowest BCUT2D eigenvalue weighted by atomic mass is 10.1. The SMILES string of the molecule is CONS(=O)(=O)c1ccc2nccc(CNc3ccc4scnc4c3)c2c1. The molecule has 7 nitrogen and oxygen atoms in total. The molecule has 2 aromatic carbocycles. The van der Waals surface area contributed by atoms with E-state index in [2.05, 4.69) is 20.1 Å². The molecule has 0 radical (unpaired) electrons. The molecule has 0 saturated heterocycles. The third-order valence-electron chi connectivity index (χ3n) is 4.12. The summed E-state index contributed by atoms with van der Waals surface area (Å²) in [5.74, 6) is 0. The zero-order valence-corrected chi connectivity index (χ0v) is 16.0. The van der Waals surface area contributed by atoms with Crippen molar-refractivity contribution in [1.29, 1.82) is 0 Å². The zero-order valence-electron chi connectivity index (χ0n) is 14.3. The molecule has 0 atom stereocenters. The lowest BCUT2D eigenvalue weighted by Gasteiger charge is -2.11. The highest BCUT2D eigenvalue weighted by atomic mass is 32.2. The van der Waals surface area contributed by atoms with Gasteiger partial charge in [0.05, 0.1) is 33.2 Å². The first-order valence-electron chi connectivity index (χ1n) is 8.06. The molecule has 0 bridgehead atoms. The van der Waals surface area contributed by atoms with Gasteiger partial charge in [-0.1, -0.05) is 4.89 Å². The standard InChI is InChI=1S/C18H16N4O3S2/c1-25-22-27(23,24)14-3-4-16-15(9-14)12(6-7-19-16)10-20-13-2-5-18-17(8-13)21-11-26-18/h2-9,11,20,22H,10H2,1H3. The molecule has 0 aliphatic heterocycles. The van der Waals surface area contributed by atoms with Crippen LogP contribution in [-0.4, -0.2) is 25.5 Å². The van der Waals surface area contributed by atoms with Crippen molar-refractivity contribution in [3.05, 3.63) is 59.7 Å². The van der Waals surface area contributed by atoms with E-state index in [1.807, 2.05) is 34.7 Å². The molecule has 0 aliphatic carbocycles. The normalized spacial score (nSPS) is 11.9. The number of hydrogen-bond acceptors (Lipinski definition) is 7. The summed E-state index contributed by atoms with van der Waals surface area (Å²) in [5.41, 5.74) is 5.38. The van der Waals surface area contributed by atoms with Gasteiger partial charge in [-0.2, -0.15) is 0 Å². The molecule has 0 saturated carbocycles. The average Bonchev–Trinajstić information content (AvgIpc) is 3.13. The van der Waals surface area contributed by atoms with Crippen molar-refractivity contribution in [1.82, 2.24) is 14.9 Å². The van der Waals surface area contributed by atoms with Gasteiger partial charge >= 0.3 is 0 Å². The van der Waals surface area contributed by atoms with Crippen molar-refractivity contribution in [2.45, 2.75) is 11.4 Å². The summed E-state index contributed by atoms with van der Waals surface area (Å²) in [6.45, 7) is 0.524. The van der Waals surface area contributed by atoms with Gasteiger partial charge in [0.15, 0.2) is 0 Å². The number of hydrogen-bond donors (Lipinski definition) is 2. The molecule has 27 heavy (non-hydrogen) atoms. The molecular weight excluding hydrogens is 384 g/mol. The first-order valence-corrected chi connectivity index (χ1v) is 10.4. The number of fused-ring (bicyclic) bond motifs is 2. The fourth-order valence-electron chi connectivity index (χ4n) is 2.83. The maximum absolute atomic E-state index is 12.2. The second-order valence-electron chi connectivity index (χ2n) is 5.83. The highest BCUT2D eigenvalue weighted by Crippen LogP contribution is 2.24. The molecule has 4 rings (SSSR count). The molecule has 4 aromatic rings. The van der Waals surface area contributed by atoms with Crippen molar-refractivity contribution in [2.75, 3.05) is 12.4 Å². The topological polar surface area (TPSA) is 93.2 Å². The summed E-state index contributed by atoms with van der Waals surface area (Å²) in [4.78, 5) is 15.4. The van der Waals surface area contributed by atoms with Crippen LogP contribution in [0.25, 0.3) is 21.1 Å². The van der Waals surface area contributed by atoms with Crippen molar-refractivity contribution in [2.24, 2.45) is 0 Å². The molecule has 0 amide bonds. The van der Waals surface area contributed by atoms with E-state index in [1.165, 1.54) is 13.2 Å². The lowest BCUT2D eigenvalue weighted by molar-refractivity contribution is 0.153. The minimum absolute atomic E-state index is 0.120. The van der Waals surface area contributed by atoms with Crippen LogP contribution < -0.4 is 10.2 Å². The number of aromatic nitrogens is 2. The lowest BCUT2D eigenvalue weighted by Crippen LogP contribution is -2.22. The zero-order chi connectivity index (χ0) is 18.9. The summed E-state index contributed by atoms with van der Waals surface area (Å²) in [7, 11) is -2.47. The Kier molecular flexibility index (Phi) is 4.75. The van der Waals surface area contributed by atoms with Gasteiger partial charge in [0.1, 0.15) is 0 Å². The Morgan fingerprint density at radius 3 is 2.81 bits per heavy atom. The minimum Gasteiger partial charge on any atom is -0.381 e. The Morgan fingerprint density at radius 2 is 1.96 bits per heavy atom. The molecule has 9 heteroatoms. The quantitative estimate of drug-likeness (QED) is 0.483. The van der Waals surface area contributed by atoms with Crippen LogP contribution in [0.15, 0.2) is 59.1 Å². The van der Waals surface area contributed by atoms with E-state index in [1.54, 1.807) is 29.7 Å². The number of rotatable bonds is 6. The molecule has 0 fully saturated rings. The summed E-state index contributed by atoms with van der Waals surface area (Å²) in [6, 6.07) is 12.7. The van der Waals surface area contributed by atoms with E-state index in [0.29, 0.717) is 6.54 Å². The van der Waals surface area contributed by atoms with E-state index in [9.17, 15) is 8.42 Å². The minimum atomic E-state index is -3.73. The Balaban J connectivity index is 1.66. The van der Waals surface area contributed by atoms with Crippen LogP contribution >= 0.6 is 11.3 Å². The van der Waals surface area contributed by atoms with E-state index < -0.39 is 10.0 Å². The Bertz CT molecular complexity index is 1220. The second-order valence-corrected chi connectivity index (χ2v) is 8.36. The molecule has 2 heterocycles. The van der Waals surface area contributed by atoms with E-state index in [4.69, 9.17) is 0 Å². The molecule has 138 valence electrons. The summed E-state index contributed by atoms with van der Waals surface area (Å²) in [6.07, 6.45) is 1.71. The second kappa shape index (κ2) is 7.20. The number of anilines is 1. The number of nitrogens with zero attached hydrogens (tertiary/aromatic N) is 2. The van der Waals surface area contributed by atoms with Gasteiger partial charge in [-0.25, -0.2) is 13.4 Å². The molecule has 0 unspecified atom stereocenters. The first kappa shape index (κ1) is 17.8. The third kappa shape index (κ3) is 3.62. The van der Waals surface area contributed by atoms with Crippen LogP contribution in [0, 0.1) is 0 Å². The Morgan fingerprint density at radius 1 is 1.07 bits per heavy atom. The predicted molar refractivity (Wildman–Crippen MR) is 106 cm³/mol. The van der Waals surface area contributed by atoms with Gasteiger partial charge < -0.3 is 5.32 Å². The van der Waals surface area contributed by atoms with Gasteiger partial charge in [-0.15, -0.1) is 11.3 Å². The van der Waals surface area contributed by atoms with Crippen molar-refractivity contribution < 1.29 is 13.3 Å². The highest BCUT2D eigenvalue weighted by molar-refractivity contribution is 7.89. The van der Waals surface area contributed by atoms with E-state index >= 15 is 0 Å². The van der Waals surface area contributed by atoms with Crippen LogP contribution in [0.3, 0.4) is 0 Å². The van der Waals surface area contributed by atoms with Gasteiger partial charge in [0.25, 0.3) is 10.0 Å². The molecule has 2 N–H and O–H groups in total. The van der Waals surface area contributed by atoms with Gasteiger partial charge in [-0.3, -0.25) is 9.82 Å². The van der Waals surface area contributed by atoms with E-state index in [-0.39, 0.29) is 4.90 Å². The van der Waals surface area contributed by atoms with Crippen LogP contribution in [-0.2, 0) is 21.4 Å². The predicted octanol–water partition coefficient (Wildman–Crippen LogP) is 3.30. The number of pyridine rings is 1. The average molecular weight is 400 g/mol. The smallest absolute Gasteiger partial charge is 0.262 e. The van der Waals surface area contributed by atoms with E-state index in [0.717, 1.165) is 32.4 Å². The van der Waals surface area contributed by atoms with Crippen LogP contribution in [0.1, 0.15) is 5.56 Å². The molecule has 0 spiro atoms. The van der Waals surface area contributed by atoms with Crippen LogP contribution in [0.5, 0.6) is 0 Å². The maximum Gasteiger partial charge on any atom is 0.262 e. The van der Waals surface area contributed by atoms with Crippen LogP contribution in [0.2, 0.25) is 0 Å². The Hall–Kier alpha value is -2.59. The van der Waals surface area contributed by atoms with Gasteiger partial charge in [0, 0.05) is 23.8 Å². The van der Waals surface area contributed by atoms with Crippen molar-refractivity contribution in [3.63, 3.8) is 0 Å². The Labute approximate surface area is 160 Å². The fraction of sp³-hybridized carbons (Fsp3) is 0.111. The maximum atomic E-state index is 12.2. The number of thiazole rings is 1. The number of sulfonamides is 1. The largest absolute Gasteiger partial charge is 0.381 e. The summed E-state index contributed by atoms with van der Waals surface area (Å²) in [5, 5.41) is 4.13. The third-order valence-corrected chi connectivity index (χ3v) is 6.19. The van der Waals surface area contributed by atoms with Gasteiger partial charge in [-0.05, 0) is 48.0 Å². The van der Waals surface area contributed by atoms with Crippen molar-refractivity contribution in [3.8, 4) is 0 Å². The first-order chi connectivity index (χ1) is 13.1. The van der Waals surface area contributed by atoms with Crippen molar-refractivity contribution >= 4 is 48.2 Å². The summed E-state index contributed by atoms with van der Waals surface area (Å²) < 4.78 is 25.5. The molecular formula is C18H16N4O3S2. The monoisotopic (exact) mass is 400 g/mol. The highest BCUT2D eigenvalue weighted by Gasteiger charge is 2.15. The van der Waals surface area contributed by atoms with Crippen LogP contribution in [0.4, 0.5) is 5.69 Å². The van der Waals surface area contributed by atoms with Gasteiger partial charge in [0.2, 0.25) is 0 Å². The number of nitrogens with one attached hydrogen (secondary N) is 2. The fourth-order valence-corrected chi connectivity index (χ4v) is 4.32. The molecule has 0 aliphatic rings.